The molecule has 0 aliphatic heterocycles. The van der Waals surface area contributed by atoms with Crippen molar-refractivity contribution >= 4 is 17.8 Å². The van der Waals surface area contributed by atoms with Crippen LogP contribution in [-0.2, 0) is 0 Å². The number of hydrogen-bond donors (Lipinski definition) is 0. The summed E-state index contributed by atoms with van der Waals surface area (Å²) in [5.41, 5.74) is 21.0. The molecule has 1 atom stereocenters. The average molecular weight is 704 g/mol. The van der Waals surface area contributed by atoms with Crippen LogP contribution in [0.25, 0.3) is 61.8 Å². The zero-order valence-corrected chi connectivity index (χ0v) is 32.3. The van der Waals surface area contributed by atoms with Gasteiger partial charge in [-0.2, -0.15) is 0 Å². The van der Waals surface area contributed by atoms with Crippen molar-refractivity contribution in [2.45, 2.75) is 63.7 Å². The summed E-state index contributed by atoms with van der Waals surface area (Å²) in [6.45, 7) is 13.5. The number of aryl methyl sites for hydroxylation is 3. The van der Waals surface area contributed by atoms with E-state index in [0.717, 1.165) is 17.7 Å². The molecule has 0 bridgehead atoms. The molecule has 1 unspecified atom stereocenters. The second kappa shape index (κ2) is 14.5. The molecule has 1 nitrogen and oxygen atoms in total. The van der Waals surface area contributed by atoms with Crippen LogP contribution in [0.3, 0.4) is 0 Å². The summed E-state index contributed by atoms with van der Waals surface area (Å²) in [5, 5.41) is 0. The lowest BCUT2D eigenvalue weighted by molar-refractivity contribution is 0.740. The van der Waals surface area contributed by atoms with Crippen LogP contribution in [0.5, 0.6) is 0 Å². The number of rotatable bonds is 7. The molecule has 0 saturated carbocycles. The van der Waals surface area contributed by atoms with E-state index in [0.29, 0.717) is 5.92 Å². The van der Waals surface area contributed by atoms with Crippen LogP contribution in [0.4, 0.5) is 0 Å². The lowest BCUT2D eigenvalue weighted by Gasteiger charge is -2.25. The lowest BCUT2D eigenvalue weighted by atomic mass is 9.83. The molecule has 260 valence electrons. The second-order valence-electron chi connectivity index (χ2n) is 14.6. The van der Waals surface area contributed by atoms with Gasteiger partial charge in [0, 0.05) is 26.8 Å². The first-order valence-corrected chi connectivity index (χ1v) is 19.5. The Morgan fingerprint density at radius 2 is 1.06 bits per heavy atom. The Hall–Kier alpha value is -5.44. The number of hydrogen-bond acceptors (Lipinski definition) is 2. The molecule has 0 radical (unpaired) electrons. The molecular formula is C51H45NS. The Morgan fingerprint density at radius 1 is 0.509 bits per heavy atom. The zero-order chi connectivity index (χ0) is 36.6. The van der Waals surface area contributed by atoms with Gasteiger partial charge in [0.15, 0.2) is 0 Å². The first-order valence-electron chi connectivity index (χ1n) is 18.7. The molecule has 7 aromatic rings. The van der Waals surface area contributed by atoms with Crippen LogP contribution < -0.4 is 0 Å². The largest absolute Gasteiger partial charge is 0.252 e. The highest BCUT2D eigenvalue weighted by molar-refractivity contribution is 7.99. The van der Waals surface area contributed by atoms with Gasteiger partial charge in [-0.15, -0.1) is 0 Å². The molecule has 0 fully saturated rings. The van der Waals surface area contributed by atoms with Crippen LogP contribution in [-0.4, -0.2) is 4.98 Å². The van der Waals surface area contributed by atoms with Crippen LogP contribution in [0.1, 0.15) is 58.3 Å². The van der Waals surface area contributed by atoms with E-state index in [1.54, 1.807) is 0 Å². The maximum Gasteiger partial charge on any atom is 0.0741 e. The first kappa shape index (κ1) is 34.6. The van der Waals surface area contributed by atoms with Gasteiger partial charge in [-0.25, -0.2) is 0 Å². The predicted molar refractivity (Wildman–Crippen MR) is 228 cm³/mol. The number of aromatic nitrogens is 1. The third-order valence-electron chi connectivity index (χ3n) is 11.0. The van der Waals surface area contributed by atoms with E-state index in [-0.39, 0.29) is 0 Å². The Bertz CT molecular complexity index is 2540. The van der Waals surface area contributed by atoms with Gasteiger partial charge in [-0.3, -0.25) is 4.98 Å². The molecule has 2 heteroatoms. The van der Waals surface area contributed by atoms with Gasteiger partial charge in [0.1, 0.15) is 0 Å². The molecule has 6 aromatic carbocycles. The highest BCUT2D eigenvalue weighted by Crippen LogP contribution is 2.45. The third-order valence-corrected chi connectivity index (χ3v) is 12.2. The highest BCUT2D eigenvalue weighted by Gasteiger charge is 2.25. The Labute approximate surface area is 319 Å². The lowest BCUT2D eigenvalue weighted by Crippen LogP contribution is -2.09. The molecule has 1 heterocycles. The van der Waals surface area contributed by atoms with E-state index in [2.05, 4.69) is 187 Å². The fraction of sp³-hybridized carbons (Fsp3) is 0.157. The fourth-order valence-corrected chi connectivity index (χ4v) is 9.07. The number of pyridine rings is 1. The smallest absolute Gasteiger partial charge is 0.0741 e. The van der Waals surface area contributed by atoms with Gasteiger partial charge in [-0.1, -0.05) is 134 Å². The summed E-state index contributed by atoms with van der Waals surface area (Å²) in [6, 6.07) is 49.0. The average Bonchev–Trinajstić information content (AvgIpc) is 3.17. The highest BCUT2D eigenvalue weighted by atomic mass is 32.2. The molecule has 1 aromatic heterocycles. The van der Waals surface area contributed by atoms with Crippen molar-refractivity contribution in [3.05, 3.63) is 179 Å². The maximum absolute atomic E-state index is 5.59. The van der Waals surface area contributed by atoms with E-state index in [4.69, 9.17) is 4.98 Å². The standard InChI is InChI=1S/C51H45NS/c1-32-17-7-10-21-41(32)44-25-16-24-43(36(44)5)38-29-39(45-23-12-14-28-48(45)53-47-27-13-9-19-34(47)3)31-40(30-38)51-37(6)49(42-22-11-8-18-33(42)2)46-26-15-20-35(4)50(46)52-51/h7-19,21-31,35H,20H2,1-6H3. The van der Waals surface area contributed by atoms with E-state index >= 15 is 0 Å². The maximum atomic E-state index is 5.59. The summed E-state index contributed by atoms with van der Waals surface area (Å²) >= 11 is 1.84. The van der Waals surface area contributed by atoms with Gasteiger partial charge < -0.3 is 0 Å². The van der Waals surface area contributed by atoms with Crippen molar-refractivity contribution in [3.8, 4) is 55.8 Å². The SMILES string of the molecule is Cc1ccccc1Sc1ccccc1-c1cc(-c2cccc(-c3ccccc3C)c2C)cc(-c2nc3c(c(-c4ccccc4C)c2C)C=CCC3C)c1. The van der Waals surface area contributed by atoms with Crippen LogP contribution in [0.2, 0.25) is 0 Å². The van der Waals surface area contributed by atoms with E-state index in [1.807, 2.05) is 11.8 Å². The van der Waals surface area contributed by atoms with E-state index in [9.17, 15) is 0 Å². The molecule has 0 spiro atoms. The quantitative estimate of drug-likeness (QED) is 0.164. The Kier molecular flexibility index (Phi) is 9.49. The number of allylic oxidation sites excluding steroid dienone is 1. The van der Waals surface area contributed by atoms with Gasteiger partial charge in [0.2, 0.25) is 0 Å². The van der Waals surface area contributed by atoms with Gasteiger partial charge in [-0.05, 0) is 144 Å². The molecule has 1 aliphatic carbocycles. The van der Waals surface area contributed by atoms with Crippen LogP contribution in [0, 0.1) is 34.6 Å². The molecule has 1 aliphatic rings. The summed E-state index contributed by atoms with van der Waals surface area (Å²) in [7, 11) is 0. The van der Waals surface area contributed by atoms with Crippen molar-refractivity contribution in [2.75, 3.05) is 0 Å². The molecule has 53 heavy (non-hydrogen) atoms. The Balaban J connectivity index is 1.40. The molecule has 8 rings (SSSR count). The molecule has 0 saturated heterocycles. The summed E-state index contributed by atoms with van der Waals surface area (Å²) in [5.74, 6) is 0.332. The van der Waals surface area contributed by atoms with Crippen molar-refractivity contribution < 1.29 is 0 Å². The number of benzene rings is 6. The van der Waals surface area contributed by atoms with Crippen molar-refractivity contribution in [2.24, 2.45) is 0 Å². The number of nitrogens with zero attached hydrogens (tertiary/aromatic N) is 1. The topological polar surface area (TPSA) is 12.9 Å². The Morgan fingerprint density at radius 3 is 1.75 bits per heavy atom. The van der Waals surface area contributed by atoms with E-state index in [1.165, 1.54) is 93.4 Å². The van der Waals surface area contributed by atoms with Crippen molar-refractivity contribution in [1.29, 1.82) is 0 Å². The zero-order valence-electron chi connectivity index (χ0n) is 31.5. The summed E-state index contributed by atoms with van der Waals surface area (Å²) in [6.07, 6.45) is 5.62. The molecular weight excluding hydrogens is 659 g/mol. The monoisotopic (exact) mass is 703 g/mol. The third kappa shape index (κ3) is 6.58. The van der Waals surface area contributed by atoms with Gasteiger partial charge in [0.25, 0.3) is 0 Å². The predicted octanol–water partition coefficient (Wildman–Crippen LogP) is 14.6. The van der Waals surface area contributed by atoms with Gasteiger partial charge >= 0.3 is 0 Å². The molecule has 0 amide bonds. The van der Waals surface area contributed by atoms with E-state index < -0.39 is 0 Å². The summed E-state index contributed by atoms with van der Waals surface area (Å²) in [4.78, 5) is 8.11. The summed E-state index contributed by atoms with van der Waals surface area (Å²) < 4.78 is 0. The van der Waals surface area contributed by atoms with Crippen molar-refractivity contribution in [1.82, 2.24) is 4.98 Å². The minimum absolute atomic E-state index is 0.332. The van der Waals surface area contributed by atoms with Gasteiger partial charge in [0.05, 0.1) is 11.4 Å². The normalized spacial score (nSPS) is 13.6. The molecule has 0 N–H and O–H groups in total. The van der Waals surface area contributed by atoms with Crippen LogP contribution in [0.15, 0.2) is 149 Å². The minimum atomic E-state index is 0.332. The number of fused-ring (bicyclic) bond motifs is 1. The van der Waals surface area contributed by atoms with Crippen molar-refractivity contribution in [3.63, 3.8) is 0 Å². The first-order chi connectivity index (χ1) is 25.8. The fourth-order valence-electron chi connectivity index (χ4n) is 8.01. The second-order valence-corrected chi connectivity index (χ2v) is 15.7. The van der Waals surface area contributed by atoms with Crippen LogP contribution >= 0.6 is 11.8 Å². The minimum Gasteiger partial charge on any atom is -0.252 e.